The minimum Gasteiger partial charge on any atom is -0.449 e. The lowest BCUT2D eigenvalue weighted by atomic mass is 10.0. The van der Waals surface area contributed by atoms with E-state index in [1.807, 2.05) is 7.05 Å². The molecule has 0 saturated carbocycles. The molecule has 2 aromatic carbocycles. The van der Waals surface area contributed by atoms with Crippen molar-refractivity contribution >= 4 is 11.8 Å². The van der Waals surface area contributed by atoms with Crippen LogP contribution in [0.2, 0.25) is 0 Å². The number of nitrogens with zero attached hydrogens (tertiary/aromatic N) is 1. The Morgan fingerprint density at radius 3 is 2.76 bits per heavy atom. The Morgan fingerprint density at radius 1 is 1.24 bits per heavy atom. The molecule has 0 spiro atoms. The lowest BCUT2D eigenvalue weighted by molar-refractivity contribution is 0.142. The molecule has 1 unspecified atom stereocenters. The van der Waals surface area contributed by atoms with Crippen LogP contribution in [0.4, 0.5) is 19.3 Å². The number of hydrogen-bond donors (Lipinski definition) is 1. The molecule has 0 bridgehead atoms. The number of anilines is 1. The highest BCUT2D eigenvalue weighted by Gasteiger charge is 2.21. The zero-order valence-electron chi connectivity index (χ0n) is 14.0. The van der Waals surface area contributed by atoms with Gasteiger partial charge in [-0.3, -0.25) is 5.32 Å². The van der Waals surface area contributed by atoms with Gasteiger partial charge in [-0.2, -0.15) is 0 Å². The molecule has 1 aliphatic heterocycles. The quantitative estimate of drug-likeness (QED) is 0.905. The second-order valence-corrected chi connectivity index (χ2v) is 6.34. The highest BCUT2D eigenvalue weighted by Crippen LogP contribution is 2.29. The number of carbonyl (C=O) groups is 1. The molecule has 2 aromatic rings. The van der Waals surface area contributed by atoms with E-state index < -0.39 is 17.7 Å². The predicted molar refractivity (Wildman–Crippen MR) is 92.4 cm³/mol. The van der Waals surface area contributed by atoms with Crippen LogP contribution in [0.25, 0.3) is 11.1 Å². The average molecular weight is 346 g/mol. The summed E-state index contributed by atoms with van der Waals surface area (Å²) in [4.78, 5) is 14.3. The molecule has 1 saturated heterocycles. The number of halogens is 2. The highest BCUT2D eigenvalue weighted by atomic mass is 19.1. The molecule has 0 radical (unpaired) electrons. The van der Waals surface area contributed by atoms with Crippen molar-refractivity contribution in [2.24, 2.45) is 5.92 Å². The summed E-state index contributed by atoms with van der Waals surface area (Å²) < 4.78 is 32.4. The summed E-state index contributed by atoms with van der Waals surface area (Å²) in [5.41, 5.74) is 1.25. The van der Waals surface area contributed by atoms with Crippen molar-refractivity contribution in [3.05, 3.63) is 54.1 Å². The highest BCUT2D eigenvalue weighted by molar-refractivity contribution is 5.91. The number of benzene rings is 2. The normalized spacial score (nSPS) is 17.5. The molecule has 4 nitrogen and oxygen atoms in total. The number of carbonyl (C=O) groups excluding carboxylic acids is 1. The molecular formula is C19H20F2N2O2. The Balaban J connectivity index is 1.70. The van der Waals surface area contributed by atoms with Gasteiger partial charge in [0.05, 0.1) is 12.3 Å². The number of ether oxygens (including phenoxy) is 1. The Kier molecular flexibility index (Phi) is 5.28. The van der Waals surface area contributed by atoms with Crippen molar-refractivity contribution in [2.45, 2.75) is 6.42 Å². The maximum absolute atomic E-state index is 13.6. The van der Waals surface area contributed by atoms with Crippen molar-refractivity contribution in [3.8, 4) is 11.1 Å². The first kappa shape index (κ1) is 17.4. The van der Waals surface area contributed by atoms with E-state index in [1.54, 1.807) is 6.07 Å². The van der Waals surface area contributed by atoms with Crippen LogP contribution in [-0.4, -0.2) is 37.7 Å². The molecule has 0 aromatic heterocycles. The minimum absolute atomic E-state index is 0.326. The van der Waals surface area contributed by atoms with Gasteiger partial charge in [0.25, 0.3) is 0 Å². The molecule has 25 heavy (non-hydrogen) atoms. The standard InChI is InChI=1S/C19H20F2N2O2/c1-23-8-7-13(11-23)12-25-19(24)22-18-6-5-16(21)10-17(18)14-3-2-4-15(20)9-14/h2-6,9-10,13H,7-8,11-12H2,1H3,(H,22,24). The fourth-order valence-electron chi connectivity index (χ4n) is 3.02. The number of amides is 1. The lowest BCUT2D eigenvalue weighted by Crippen LogP contribution is -2.21. The van der Waals surface area contributed by atoms with Gasteiger partial charge in [-0.15, -0.1) is 0 Å². The SMILES string of the molecule is CN1CCC(COC(=O)Nc2ccc(F)cc2-c2cccc(F)c2)C1. The topological polar surface area (TPSA) is 41.6 Å². The van der Waals surface area contributed by atoms with Crippen LogP contribution < -0.4 is 5.32 Å². The van der Waals surface area contributed by atoms with E-state index in [0.29, 0.717) is 29.3 Å². The fourth-order valence-corrected chi connectivity index (χ4v) is 3.02. The third-order valence-electron chi connectivity index (χ3n) is 4.29. The molecule has 1 fully saturated rings. The Morgan fingerprint density at radius 2 is 2.04 bits per heavy atom. The van der Waals surface area contributed by atoms with Gasteiger partial charge in [-0.25, -0.2) is 13.6 Å². The summed E-state index contributed by atoms with van der Waals surface area (Å²) >= 11 is 0. The smallest absolute Gasteiger partial charge is 0.411 e. The number of rotatable bonds is 4. The molecule has 1 aliphatic rings. The zero-order chi connectivity index (χ0) is 17.8. The van der Waals surface area contributed by atoms with Crippen LogP contribution in [-0.2, 0) is 4.74 Å². The van der Waals surface area contributed by atoms with Gasteiger partial charge >= 0.3 is 6.09 Å². The molecular weight excluding hydrogens is 326 g/mol. The molecule has 1 N–H and O–H groups in total. The summed E-state index contributed by atoms with van der Waals surface area (Å²) in [6, 6.07) is 9.74. The first-order valence-corrected chi connectivity index (χ1v) is 8.19. The molecule has 1 atom stereocenters. The van der Waals surface area contributed by atoms with Gasteiger partial charge in [-0.05, 0) is 55.9 Å². The molecule has 6 heteroatoms. The minimum atomic E-state index is -0.598. The van der Waals surface area contributed by atoms with E-state index in [-0.39, 0.29) is 0 Å². The van der Waals surface area contributed by atoms with Crippen LogP contribution in [0.15, 0.2) is 42.5 Å². The summed E-state index contributed by atoms with van der Waals surface area (Å²) in [7, 11) is 2.03. The van der Waals surface area contributed by atoms with Crippen LogP contribution in [0.5, 0.6) is 0 Å². The largest absolute Gasteiger partial charge is 0.449 e. The van der Waals surface area contributed by atoms with Crippen molar-refractivity contribution < 1.29 is 18.3 Å². The molecule has 1 heterocycles. The number of likely N-dealkylation sites (tertiary alicyclic amines) is 1. The monoisotopic (exact) mass is 346 g/mol. The second kappa shape index (κ2) is 7.61. The number of nitrogens with one attached hydrogen (secondary N) is 1. The summed E-state index contributed by atoms with van der Waals surface area (Å²) in [5, 5.41) is 2.63. The third kappa shape index (κ3) is 4.54. The maximum Gasteiger partial charge on any atom is 0.411 e. The van der Waals surface area contributed by atoms with Crippen LogP contribution in [0, 0.1) is 17.6 Å². The lowest BCUT2D eigenvalue weighted by Gasteiger charge is -2.14. The average Bonchev–Trinajstić information content (AvgIpc) is 3.00. The van der Waals surface area contributed by atoms with Gasteiger partial charge in [0.1, 0.15) is 11.6 Å². The van der Waals surface area contributed by atoms with Crippen LogP contribution >= 0.6 is 0 Å². The van der Waals surface area contributed by atoms with E-state index in [2.05, 4.69) is 10.2 Å². The van der Waals surface area contributed by atoms with E-state index in [0.717, 1.165) is 19.5 Å². The van der Waals surface area contributed by atoms with E-state index in [1.165, 1.54) is 36.4 Å². The van der Waals surface area contributed by atoms with Crippen molar-refractivity contribution in [1.29, 1.82) is 0 Å². The molecule has 132 valence electrons. The van der Waals surface area contributed by atoms with Crippen molar-refractivity contribution in [3.63, 3.8) is 0 Å². The molecule has 0 aliphatic carbocycles. The van der Waals surface area contributed by atoms with E-state index >= 15 is 0 Å². The van der Waals surface area contributed by atoms with Gasteiger partial charge < -0.3 is 9.64 Å². The van der Waals surface area contributed by atoms with Gasteiger partial charge in [-0.1, -0.05) is 12.1 Å². The molecule has 1 amide bonds. The van der Waals surface area contributed by atoms with Gasteiger partial charge in [0.15, 0.2) is 0 Å². The Hall–Kier alpha value is -2.47. The second-order valence-electron chi connectivity index (χ2n) is 6.34. The summed E-state index contributed by atoms with van der Waals surface area (Å²) in [5.74, 6) is -0.570. The van der Waals surface area contributed by atoms with Gasteiger partial charge in [0.2, 0.25) is 0 Å². The first-order valence-electron chi connectivity index (χ1n) is 8.19. The Labute approximate surface area is 145 Å². The predicted octanol–water partition coefficient (Wildman–Crippen LogP) is 4.13. The third-order valence-corrected chi connectivity index (χ3v) is 4.29. The van der Waals surface area contributed by atoms with E-state index in [4.69, 9.17) is 4.74 Å². The molecule has 3 rings (SSSR count). The van der Waals surface area contributed by atoms with Gasteiger partial charge in [0, 0.05) is 18.0 Å². The van der Waals surface area contributed by atoms with E-state index in [9.17, 15) is 13.6 Å². The van der Waals surface area contributed by atoms with Crippen molar-refractivity contribution in [1.82, 2.24) is 4.90 Å². The zero-order valence-corrected chi connectivity index (χ0v) is 14.0. The summed E-state index contributed by atoms with van der Waals surface area (Å²) in [6.07, 6.45) is 0.397. The maximum atomic E-state index is 13.6. The Bertz CT molecular complexity index is 767. The van der Waals surface area contributed by atoms with Crippen LogP contribution in [0.1, 0.15) is 6.42 Å². The fraction of sp³-hybridized carbons (Fsp3) is 0.316. The number of hydrogen-bond acceptors (Lipinski definition) is 3. The van der Waals surface area contributed by atoms with Crippen molar-refractivity contribution in [2.75, 3.05) is 32.1 Å². The summed E-state index contributed by atoms with van der Waals surface area (Å²) in [6.45, 7) is 2.24. The first-order chi connectivity index (χ1) is 12.0. The van der Waals surface area contributed by atoms with Crippen LogP contribution in [0.3, 0.4) is 0 Å².